The number of esters is 1. The van der Waals surface area contributed by atoms with Gasteiger partial charge in [0, 0.05) is 18.3 Å². The number of para-hydroxylation sites is 2. The summed E-state index contributed by atoms with van der Waals surface area (Å²) in [5, 5.41) is 0.381. The molecule has 0 radical (unpaired) electrons. The highest BCUT2D eigenvalue weighted by Gasteiger charge is 2.30. The second-order valence-electron chi connectivity index (χ2n) is 6.39. The van der Waals surface area contributed by atoms with E-state index in [2.05, 4.69) is 0 Å². The smallest absolute Gasteiger partial charge is 0.375 e. The summed E-state index contributed by atoms with van der Waals surface area (Å²) in [4.78, 5) is 38.8. The Bertz CT molecular complexity index is 1100. The molecule has 0 saturated heterocycles. The lowest BCUT2D eigenvalue weighted by Gasteiger charge is -2.21. The number of carbonyl (C=O) groups excluding carboxylic acids is 2. The van der Waals surface area contributed by atoms with E-state index in [0.29, 0.717) is 17.5 Å². The Kier molecular flexibility index (Phi) is 4.24. The molecule has 0 saturated carbocycles. The third kappa shape index (κ3) is 3.10. The first-order valence-electron chi connectivity index (χ1n) is 8.68. The van der Waals surface area contributed by atoms with E-state index in [1.807, 2.05) is 24.3 Å². The van der Waals surface area contributed by atoms with E-state index < -0.39 is 12.1 Å². The van der Waals surface area contributed by atoms with Crippen molar-refractivity contribution in [2.45, 2.75) is 19.4 Å². The summed E-state index contributed by atoms with van der Waals surface area (Å²) in [5.41, 5.74) is 1.88. The maximum atomic E-state index is 12.7. The standard InChI is InChI=1S/C21H17NO5/c1-13(20(24)22-11-10-14-6-2-4-8-16(14)22)26-21(25)19-12-17(23)15-7-3-5-9-18(15)27-19/h2-9,12-13H,10-11H2,1H3. The Morgan fingerprint density at radius 2 is 1.85 bits per heavy atom. The maximum absolute atomic E-state index is 12.7. The van der Waals surface area contributed by atoms with Crippen molar-refractivity contribution in [2.24, 2.45) is 0 Å². The highest BCUT2D eigenvalue weighted by Crippen LogP contribution is 2.28. The van der Waals surface area contributed by atoms with Gasteiger partial charge in [0.2, 0.25) is 5.76 Å². The van der Waals surface area contributed by atoms with Crippen molar-refractivity contribution in [1.29, 1.82) is 0 Å². The summed E-state index contributed by atoms with van der Waals surface area (Å²) in [6.07, 6.45) is -0.234. The van der Waals surface area contributed by atoms with Crippen LogP contribution in [0.5, 0.6) is 0 Å². The quantitative estimate of drug-likeness (QED) is 0.669. The van der Waals surface area contributed by atoms with Gasteiger partial charge < -0.3 is 14.1 Å². The zero-order chi connectivity index (χ0) is 19.0. The zero-order valence-corrected chi connectivity index (χ0v) is 14.7. The molecule has 2 heterocycles. The van der Waals surface area contributed by atoms with E-state index in [9.17, 15) is 14.4 Å². The molecule has 1 aliphatic rings. The number of benzene rings is 2. The molecule has 0 spiro atoms. The van der Waals surface area contributed by atoms with Crippen LogP contribution in [0.3, 0.4) is 0 Å². The van der Waals surface area contributed by atoms with Crippen LogP contribution in [0.2, 0.25) is 0 Å². The summed E-state index contributed by atoms with van der Waals surface area (Å²) >= 11 is 0. The lowest BCUT2D eigenvalue weighted by molar-refractivity contribution is -0.126. The Labute approximate surface area is 155 Å². The van der Waals surface area contributed by atoms with Gasteiger partial charge in [0.1, 0.15) is 5.58 Å². The normalized spacial score (nSPS) is 14.0. The number of anilines is 1. The molecule has 1 unspecified atom stereocenters. The number of ether oxygens (including phenoxy) is 1. The molecule has 0 fully saturated rings. The zero-order valence-electron chi connectivity index (χ0n) is 14.7. The molecule has 4 rings (SSSR count). The number of hydrogen-bond acceptors (Lipinski definition) is 5. The summed E-state index contributed by atoms with van der Waals surface area (Å²) in [6.45, 7) is 2.06. The summed E-state index contributed by atoms with van der Waals surface area (Å²) in [6, 6.07) is 15.4. The van der Waals surface area contributed by atoms with Crippen molar-refractivity contribution in [3.63, 3.8) is 0 Å². The summed E-state index contributed by atoms with van der Waals surface area (Å²) < 4.78 is 10.7. The van der Waals surface area contributed by atoms with Crippen LogP contribution in [0.1, 0.15) is 23.0 Å². The molecule has 0 aliphatic carbocycles. The highest BCUT2D eigenvalue weighted by molar-refractivity contribution is 6.00. The van der Waals surface area contributed by atoms with E-state index in [4.69, 9.17) is 9.15 Å². The Balaban J connectivity index is 1.53. The fourth-order valence-corrected chi connectivity index (χ4v) is 3.26. The maximum Gasteiger partial charge on any atom is 0.375 e. The van der Waals surface area contributed by atoms with Crippen molar-refractivity contribution >= 4 is 28.5 Å². The predicted molar refractivity (Wildman–Crippen MR) is 99.9 cm³/mol. The molecular weight excluding hydrogens is 346 g/mol. The van der Waals surface area contributed by atoms with E-state index >= 15 is 0 Å². The van der Waals surface area contributed by atoms with Crippen LogP contribution in [0.25, 0.3) is 11.0 Å². The minimum Gasteiger partial charge on any atom is -0.449 e. The van der Waals surface area contributed by atoms with Crippen molar-refractivity contribution in [3.05, 3.63) is 76.1 Å². The largest absolute Gasteiger partial charge is 0.449 e. The average molecular weight is 363 g/mol. The number of carbonyl (C=O) groups is 2. The Hall–Kier alpha value is -3.41. The number of nitrogens with zero attached hydrogens (tertiary/aromatic N) is 1. The van der Waals surface area contributed by atoms with Gasteiger partial charge in [-0.1, -0.05) is 30.3 Å². The molecule has 1 amide bonds. The first kappa shape index (κ1) is 17.0. The van der Waals surface area contributed by atoms with Gasteiger partial charge in [0.05, 0.1) is 5.39 Å². The number of amides is 1. The lowest BCUT2D eigenvalue weighted by atomic mass is 10.2. The summed E-state index contributed by atoms with van der Waals surface area (Å²) in [5.74, 6) is -1.37. The van der Waals surface area contributed by atoms with Gasteiger partial charge >= 0.3 is 5.97 Å². The van der Waals surface area contributed by atoms with Crippen molar-refractivity contribution in [2.75, 3.05) is 11.4 Å². The van der Waals surface area contributed by atoms with Gasteiger partial charge in [-0.25, -0.2) is 4.79 Å². The van der Waals surface area contributed by atoms with Crippen molar-refractivity contribution in [1.82, 2.24) is 0 Å². The number of rotatable bonds is 3. The lowest BCUT2D eigenvalue weighted by Crippen LogP contribution is -2.39. The molecular formula is C21H17NO5. The average Bonchev–Trinajstić information content (AvgIpc) is 3.11. The predicted octanol–water partition coefficient (Wildman–Crippen LogP) is 2.93. The van der Waals surface area contributed by atoms with Crippen LogP contribution in [-0.2, 0) is 16.0 Å². The van der Waals surface area contributed by atoms with Crippen LogP contribution in [0.15, 0.2) is 63.8 Å². The van der Waals surface area contributed by atoms with Crippen molar-refractivity contribution in [3.8, 4) is 0 Å². The molecule has 3 aromatic rings. The third-order valence-corrected chi connectivity index (χ3v) is 4.62. The number of hydrogen-bond donors (Lipinski definition) is 0. The third-order valence-electron chi connectivity index (χ3n) is 4.62. The van der Waals surface area contributed by atoms with Crippen LogP contribution in [-0.4, -0.2) is 24.5 Å². The van der Waals surface area contributed by atoms with Gasteiger partial charge in [-0.3, -0.25) is 9.59 Å². The Morgan fingerprint density at radius 1 is 1.11 bits per heavy atom. The number of fused-ring (bicyclic) bond motifs is 2. The SMILES string of the molecule is CC(OC(=O)c1cc(=O)c2ccccc2o1)C(=O)N1CCc2ccccc21. The molecule has 0 bridgehead atoms. The molecule has 1 aliphatic heterocycles. The van der Waals surface area contributed by atoms with Crippen molar-refractivity contribution < 1.29 is 18.7 Å². The fourth-order valence-electron chi connectivity index (χ4n) is 3.26. The van der Waals surface area contributed by atoms with Gasteiger partial charge in [0.25, 0.3) is 5.91 Å². The van der Waals surface area contributed by atoms with Crippen LogP contribution in [0.4, 0.5) is 5.69 Å². The first-order valence-corrected chi connectivity index (χ1v) is 8.68. The molecule has 1 atom stereocenters. The minimum absolute atomic E-state index is 0.222. The molecule has 27 heavy (non-hydrogen) atoms. The molecule has 1 aromatic heterocycles. The van der Waals surface area contributed by atoms with Crippen LogP contribution < -0.4 is 10.3 Å². The first-order chi connectivity index (χ1) is 13.0. The molecule has 0 N–H and O–H groups in total. The van der Waals surface area contributed by atoms with E-state index in [1.54, 1.807) is 29.2 Å². The molecule has 136 valence electrons. The van der Waals surface area contributed by atoms with Gasteiger partial charge in [-0.15, -0.1) is 0 Å². The van der Waals surface area contributed by atoms with E-state index in [-0.39, 0.29) is 17.1 Å². The fraction of sp³-hybridized carbons (Fsp3) is 0.190. The molecule has 2 aromatic carbocycles. The second-order valence-corrected chi connectivity index (χ2v) is 6.39. The topological polar surface area (TPSA) is 76.8 Å². The van der Waals surface area contributed by atoms with Gasteiger partial charge in [-0.05, 0) is 37.1 Å². The minimum atomic E-state index is -1.000. The highest BCUT2D eigenvalue weighted by atomic mass is 16.6. The van der Waals surface area contributed by atoms with E-state index in [0.717, 1.165) is 23.7 Å². The monoisotopic (exact) mass is 363 g/mol. The summed E-state index contributed by atoms with van der Waals surface area (Å²) in [7, 11) is 0. The molecule has 6 heteroatoms. The van der Waals surface area contributed by atoms with Crippen LogP contribution in [0, 0.1) is 0 Å². The van der Waals surface area contributed by atoms with Crippen LogP contribution >= 0.6 is 0 Å². The van der Waals surface area contributed by atoms with E-state index in [1.165, 1.54) is 6.92 Å². The van der Waals surface area contributed by atoms with Gasteiger partial charge in [-0.2, -0.15) is 0 Å². The Morgan fingerprint density at radius 3 is 2.70 bits per heavy atom. The molecule has 6 nitrogen and oxygen atoms in total. The second kappa shape index (κ2) is 6.72. The van der Waals surface area contributed by atoms with Gasteiger partial charge in [0.15, 0.2) is 11.5 Å².